The van der Waals surface area contributed by atoms with Gasteiger partial charge in [-0.25, -0.2) is 0 Å². The smallest absolute Gasteiger partial charge is 0.0218 e. The van der Waals surface area contributed by atoms with E-state index in [9.17, 15) is 0 Å². The molecular weight excluding hydrogens is 160 g/mol. The van der Waals surface area contributed by atoms with Gasteiger partial charge < -0.3 is 10.2 Å². The zero-order chi connectivity index (χ0) is 7.40. The Balaban J connectivity index is 0.000001000. The molecule has 3 heteroatoms. The molecule has 0 aromatic rings. The fraction of sp³-hybridized carbons (Fsp3) is 1.00. The monoisotopic (exact) mass is 178 g/mol. The molecule has 0 aromatic heterocycles. The average molecular weight is 179 g/mol. The summed E-state index contributed by atoms with van der Waals surface area (Å²) in [5, 5.41) is 3.41. The lowest BCUT2D eigenvalue weighted by molar-refractivity contribution is 0.189. The van der Waals surface area contributed by atoms with E-state index in [0.717, 1.165) is 12.6 Å². The van der Waals surface area contributed by atoms with E-state index in [1.54, 1.807) is 0 Å². The summed E-state index contributed by atoms with van der Waals surface area (Å²) in [5.41, 5.74) is 0. The topological polar surface area (TPSA) is 15.3 Å². The molecule has 1 heterocycles. The highest BCUT2D eigenvalue weighted by atomic mass is 35.5. The van der Waals surface area contributed by atoms with Crippen molar-refractivity contribution in [1.29, 1.82) is 0 Å². The standard InChI is InChI=1S/C8H18N2.ClH/c1-3-4-8-7-9-5-6-10(8)2;/h8-9H,3-7H2,1-2H3;1H. The maximum atomic E-state index is 3.41. The van der Waals surface area contributed by atoms with E-state index in [-0.39, 0.29) is 12.4 Å². The Morgan fingerprint density at radius 1 is 1.55 bits per heavy atom. The molecule has 11 heavy (non-hydrogen) atoms. The molecule has 0 amide bonds. The van der Waals surface area contributed by atoms with Crippen LogP contribution in [-0.4, -0.2) is 37.6 Å². The molecule has 1 saturated heterocycles. The molecule has 0 saturated carbocycles. The lowest BCUT2D eigenvalue weighted by Crippen LogP contribution is -2.49. The fourth-order valence-electron chi connectivity index (χ4n) is 1.52. The second-order valence-corrected chi connectivity index (χ2v) is 3.13. The molecule has 1 N–H and O–H groups in total. The van der Waals surface area contributed by atoms with Gasteiger partial charge in [0.05, 0.1) is 0 Å². The van der Waals surface area contributed by atoms with E-state index >= 15 is 0 Å². The highest BCUT2D eigenvalue weighted by molar-refractivity contribution is 5.85. The summed E-state index contributed by atoms with van der Waals surface area (Å²) >= 11 is 0. The first-order valence-electron chi connectivity index (χ1n) is 4.25. The van der Waals surface area contributed by atoms with Crippen molar-refractivity contribution in [2.75, 3.05) is 26.7 Å². The van der Waals surface area contributed by atoms with Gasteiger partial charge in [0.1, 0.15) is 0 Å². The number of halogens is 1. The van der Waals surface area contributed by atoms with Crippen molar-refractivity contribution in [2.24, 2.45) is 0 Å². The van der Waals surface area contributed by atoms with E-state index in [1.165, 1.54) is 25.9 Å². The molecule has 1 aliphatic rings. The van der Waals surface area contributed by atoms with Gasteiger partial charge >= 0.3 is 0 Å². The zero-order valence-electron chi connectivity index (χ0n) is 7.47. The van der Waals surface area contributed by atoms with Crippen molar-refractivity contribution in [3.8, 4) is 0 Å². The molecule has 0 aliphatic carbocycles. The van der Waals surface area contributed by atoms with E-state index in [0.29, 0.717) is 0 Å². The third-order valence-corrected chi connectivity index (χ3v) is 2.27. The molecular formula is C8H19ClN2. The second kappa shape index (κ2) is 5.81. The van der Waals surface area contributed by atoms with Crippen molar-refractivity contribution in [3.05, 3.63) is 0 Å². The quantitative estimate of drug-likeness (QED) is 0.682. The largest absolute Gasteiger partial charge is 0.314 e. The number of rotatable bonds is 2. The summed E-state index contributed by atoms with van der Waals surface area (Å²) in [6.45, 7) is 5.81. The van der Waals surface area contributed by atoms with Crippen LogP contribution >= 0.6 is 12.4 Å². The van der Waals surface area contributed by atoms with E-state index < -0.39 is 0 Å². The van der Waals surface area contributed by atoms with Crippen LogP contribution in [-0.2, 0) is 0 Å². The molecule has 1 rings (SSSR count). The van der Waals surface area contributed by atoms with Crippen molar-refractivity contribution in [3.63, 3.8) is 0 Å². The number of likely N-dealkylation sites (N-methyl/N-ethyl adjacent to an activating group) is 1. The van der Waals surface area contributed by atoms with Gasteiger partial charge in [-0.2, -0.15) is 0 Å². The highest BCUT2D eigenvalue weighted by Gasteiger charge is 2.16. The van der Waals surface area contributed by atoms with Crippen LogP contribution in [0.2, 0.25) is 0 Å². The van der Waals surface area contributed by atoms with Crippen LogP contribution in [0.4, 0.5) is 0 Å². The van der Waals surface area contributed by atoms with Crippen molar-refractivity contribution < 1.29 is 0 Å². The number of piperazine rings is 1. The molecule has 68 valence electrons. The predicted octanol–water partition coefficient (Wildman–Crippen LogP) is 1.11. The van der Waals surface area contributed by atoms with Crippen molar-refractivity contribution in [2.45, 2.75) is 25.8 Å². The maximum absolute atomic E-state index is 3.41. The Hall–Kier alpha value is 0.210. The molecule has 0 spiro atoms. The van der Waals surface area contributed by atoms with Crippen molar-refractivity contribution in [1.82, 2.24) is 10.2 Å². The Labute approximate surface area is 75.8 Å². The minimum atomic E-state index is 0. The van der Waals surface area contributed by atoms with Crippen LogP contribution in [0.25, 0.3) is 0 Å². The SMILES string of the molecule is CCCC1CNCCN1C.Cl. The number of nitrogens with zero attached hydrogens (tertiary/aromatic N) is 1. The van der Waals surface area contributed by atoms with Crippen LogP contribution in [0.3, 0.4) is 0 Å². The van der Waals surface area contributed by atoms with E-state index in [4.69, 9.17) is 0 Å². The molecule has 0 radical (unpaired) electrons. The summed E-state index contributed by atoms with van der Waals surface area (Å²) in [6.07, 6.45) is 2.64. The Bertz CT molecular complexity index is 96.1. The lowest BCUT2D eigenvalue weighted by Gasteiger charge is -2.32. The van der Waals surface area contributed by atoms with Crippen molar-refractivity contribution >= 4 is 12.4 Å². The van der Waals surface area contributed by atoms with Gasteiger partial charge in [0.15, 0.2) is 0 Å². The molecule has 0 aromatic carbocycles. The third-order valence-electron chi connectivity index (χ3n) is 2.27. The van der Waals surface area contributed by atoms with Gasteiger partial charge in [-0.3, -0.25) is 0 Å². The van der Waals surface area contributed by atoms with E-state index in [2.05, 4.69) is 24.2 Å². The number of hydrogen-bond donors (Lipinski definition) is 1. The maximum Gasteiger partial charge on any atom is 0.0218 e. The highest BCUT2D eigenvalue weighted by Crippen LogP contribution is 2.05. The molecule has 1 atom stereocenters. The summed E-state index contributed by atoms with van der Waals surface area (Å²) in [5.74, 6) is 0. The third kappa shape index (κ3) is 3.41. The van der Waals surface area contributed by atoms with Gasteiger partial charge in [-0.1, -0.05) is 13.3 Å². The minimum Gasteiger partial charge on any atom is -0.314 e. The lowest BCUT2D eigenvalue weighted by atomic mass is 10.1. The predicted molar refractivity (Wildman–Crippen MR) is 51.4 cm³/mol. The zero-order valence-corrected chi connectivity index (χ0v) is 8.28. The van der Waals surface area contributed by atoms with Crippen LogP contribution in [0, 0.1) is 0 Å². The van der Waals surface area contributed by atoms with Gasteiger partial charge in [0.25, 0.3) is 0 Å². The Morgan fingerprint density at radius 3 is 2.82 bits per heavy atom. The van der Waals surface area contributed by atoms with E-state index in [1.807, 2.05) is 0 Å². The van der Waals surface area contributed by atoms with Gasteiger partial charge in [-0.05, 0) is 13.5 Å². The summed E-state index contributed by atoms with van der Waals surface area (Å²) in [4.78, 5) is 2.46. The number of hydrogen-bond acceptors (Lipinski definition) is 2. The minimum absolute atomic E-state index is 0. The number of nitrogens with one attached hydrogen (secondary N) is 1. The summed E-state index contributed by atoms with van der Waals surface area (Å²) < 4.78 is 0. The molecule has 2 nitrogen and oxygen atoms in total. The summed E-state index contributed by atoms with van der Waals surface area (Å²) in [7, 11) is 2.22. The second-order valence-electron chi connectivity index (χ2n) is 3.13. The van der Waals surface area contributed by atoms with Crippen LogP contribution in [0.1, 0.15) is 19.8 Å². The van der Waals surface area contributed by atoms with Crippen LogP contribution in [0.15, 0.2) is 0 Å². The first kappa shape index (κ1) is 11.2. The van der Waals surface area contributed by atoms with Gasteiger partial charge in [-0.15, -0.1) is 12.4 Å². The van der Waals surface area contributed by atoms with Gasteiger partial charge in [0, 0.05) is 25.7 Å². The normalized spacial score (nSPS) is 26.2. The van der Waals surface area contributed by atoms with Crippen LogP contribution < -0.4 is 5.32 Å². The van der Waals surface area contributed by atoms with Crippen LogP contribution in [0.5, 0.6) is 0 Å². The fourth-order valence-corrected chi connectivity index (χ4v) is 1.52. The Kier molecular flexibility index (Phi) is 5.92. The summed E-state index contributed by atoms with van der Waals surface area (Å²) in [6, 6.07) is 0.791. The molecule has 1 fully saturated rings. The average Bonchev–Trinajstić information content (AvgIpc) is 1.94. The first-order chi connectivity index (χ1) is 4.84. The first-order valence-corrected chi connectivity index (χ1v) is 4.25. The van der Waals surface area contributed by atoms with Gasteiger partial charge in [0.2, 0.25) is 0 Å². The molecule has 1 aliphatic heterocycles. The molecule has 0 bridgehead atoms. The Morgan fingerprint density at radius 2 is 2.27 bits per heavy atom. The molecule has 1 unspecified atom stereocenters.